The summed E-state index contributed by atoms with van der Waals surface area (Å²) in [7, 11) is 1.77. The van der Waals surface area contributed by atoms with Crippen LogP contribution in [0.2, 0.25) is 0 Å². The summed E-state index contributed by atoms with van der Waals surface area (Å²) in [6, 6.07) is 0. The van der Waals surface area contributed by atoms with Crippen molar-refractivity contribution in [3.63, 3.8) is 0 Å². The molecule has 0 saturated carbocycles. The quantitative estimate of drug-likeness (QED) is 0.599. The largest absolute Gasteiger partial charge is 0.392 e. The van der Waals surface area contributed by atoms with Crippen LogP contribution in [0.25, 0.3) is 0 Å². The molecule has 0 spiro atoms. The van der Waals surface area contributed by atoms with E-state index in [1.54, 1.807) is 13.1 Å². The van der Waals surface area contributed by atoms with Gasteiger partial charge in [0.1, 0.15) is 0 Å². The number of ketones is 1. The normalized spacial score (nSPS) is 30.9. The van der Waals surface area contributed by atoms with E-state index < -0.39 is 6.10 Å². The SMILES string of the molecule is CNC1=CC(=O)CC(C)C(O)C1. The first-order valence-corrected chi connectivity index (χ1v) is 4.22. The van der Waals surface area contributed by atoms with Crippen LogP contribution in [0.1, 0.15) is 19.8 Å². The lowest BCUT2D eigenvalue weighted by atomic mass is 9.99. The van der Waals surface area contributed by atoms with Gasteiger partial charge in [-0.3, -0.25) is 4.79 Å². The van der Waals surface area contributed by atoms with Gasteiger partial charge in [0.15, 0.2) is 5.78 Å². The fourth-order valence-corrected chi connectivity index (χ4v) is 1.37. The van der Waals surface area contributed by atoms with Crippen LogP contribution in [0.3, 0.4) is 0 Å². The van der Waals surface area contributed by atoms with Gasteiger partial charge < -0.3 is 10.4 Å². The van der Waals surface area contributed by atoms with Crippen LogP contribution in [0.15, 0.2) is 11.8 Å². The average Bonchev–Trinajstić information content (AvgIpc) is 2.12. The molecule has 0 heterocycles. The smallest absolute Gasteiger partial charge is 0.157 e. The molecule has 0 fully saturated rings. The molecule has 2 N–H and O–H groups in total. The molecule has 1 aliphatic carbocycles. The monoisotopic (exact) mass is 169 g/mol. The lowest BCUT2D eigenvalue weighted by Gasteiger charge is -2.15. The summed E-state index contributed by atoms with van der Waals surface area (Å²) < 4.78 is 0. The predicted molar refractivity (Wildman–Crippen MR) is 46.6 cm³/mol. The summed E-state index contributed by atoms with van der Waals surface area (Å²) in [4.78, 5) is 11.2. The van der Waals surface area contributed by atoms with Crippen LogP contribution < -0.4 is 5.32 Å². The minimum atomic E-state index is -0.393. The van der Waals surface area contributed by atoms with Crippen molar-refractivity contribution < 1.29 is 9.90 Å². The Morgan fingerprint density at radius 3 is 2.83 bits per heavy atom. The second kappa shape index (κ2) is 3.72. The third-order valence-electron chi connectivity index (χ3n) is 2.27. The maximum atomic E-state index is 11.2. The number of nitrogens with one attached hydrogen (secondary N) is 1. The highest BCUT2D eigenvalue weighted by Crippen LogP contribution is 2.19. The molecule has 3 heteroatoms. The second-order valence-electron chi connectivity index (χ2n) is 3.34. The van der Waals surface area contributed by atoms with E-state index in [0.717, 1.165) is 5.70 Å². The van der Waals surface area contributed by atoms with Gasteiger partial charge in [-0.15, -0.1) is 0 Å². The van der Waals surface area contributed by atoms with Crippen LogP contribution in [-0.4, -0.2) is 24.0 Å². The van der Waals surface area contributed by atoms with Gasteiger partial charge in [-0.1, -0.05) is 6.92 Å². The maximum absolute atomic E-state index is 11.2. The first-order valence-electron chi connectivity index (χ1n) is 4.22. The number of carbonyl (C=O) groups is 1. The fraction of sp³-hybridized carbons (Fsp3) is 0.667. The van der Waals surface area contributed by atoms with Crippen LogP contribution >= 0.6 is 0 Å². The van der Waals surface area contributed by atoms with E-state index in [1.807, 2.05) is 6.92 Å². The molecule has 1 rings (SSSR count). The molecule has 3 nitrogen and oxygen atoms in total. The molecule has 12 heavy (non-hydrogen) atoms. The summed E-state index contributed by atoms with van der Waals surface area (Å²) >= 11 is 0. The van der Waals surface area contributed by atoms with E-state index in [0.29, 0.717) is 12.8 Å². The summed E-state index contributed by atoms with van der Waals surface area (Å²) in [5.41, 5.74) is 0.830. The highest BCUT2D eigenvalue weighted by Gasteiger charge is 2.21. The zero-order valence-corrected chi connectivity index (χ0v) is 7.50. The predicted octanol–water partition coefficient (Wildman–Crippen LogP) is 0.450. The second-order valence-corrected chi connectivity index (χ2v) is 3.34. The molecule has 0 saturated heterocycles. The van der Waals surface area contributed by atoms with Crippen molar-refractivity contribution in [2.75, 3.05) is 7.05 Å². The third kappa shape index (κ3) is 2.08. The number of aliphatic hydroxyl groups is 1. The molecule has 0 amide bonds. The first kappa shape index (κ1) is 9.26. The summed E-state index contributed by atoms with van der Waals surface area (Å²) in [6.07, 6.45) is 2.21. The van der Waals surface area contributed by atoms with Crippen molar-refractivity contribution in [1.82, 2.24) is 5.32 Å². The van der Waals surface area contributed by atoms with Crippen molar-refractivity contribution in [1.29, 1.82) is 0 Å². The Balaban J connectivity index is 2.73. The lowest BCUT2D eigenvalue weighted by molar-refractivity contribution is -0.115. The Bertz CT molecular complexity index is 211. The molecule has 68 valence electrons. The molecule has 2 unspecified atom stereocenters. The summed E-state index contributed by atoms with van der Waals surface area (Å²) in [5.74, 6) is 0.169. The molecular formula is C9H15NO2. The van der Waals surface area contributed by atoms with Crippen molar-refractivity contribution >= 4 is 5.78 Å². The van der Waals surface area contributed by atoms with Crippen molar-refractivity contribution in [3.8, 4) is 0 Å². The van der Waals surface area contributed by atoms with Crippen LogP contribution in [0, 0.1) is 5.92 Å². The minimum absolute atomic E-state index is 0.0691. The van der Waals surface area contributed by atoms with Gasteiger partial charge in [0.2, 0.25) is 0 Å². The van der Waals surface area contributed by atoms with Gasteiger partial charge >= 0.3 is 0 Å². The zero-order valence-electron chi connectivity index (χ0n) is 7.50. The highest BCUT2D eigenvalue weighted by molar-refractivity contribution is 5.90. The van der Waals surface area contributed by atoms with Gasteiger partial charge in [-0.25, -0.2) is 0 Å². The Morgan fingerprint density at radius 2 is 2.25 bits per heavy atom. The van der Waals surface area contributed by atoms with E-state index >= 15 is 0 Å². The number of hydrogen-bond donors (Lipinski definition) is 2. The average molecular weight is 169 g/mol. The number of carbonyl (C=O) groups excluding carboxylic acids is 1. The van der Waals surface area contributed by atoms with Gasteiger partial charge in [-0.05, 0) is 5.92 Å². The van der Waals surface area contributed by atoms with E-state index in [2.05, 4.69) is 5.32 Å². The van der Waals surface area contributed by atoms with E-state index in [-0.39, 0.29) is 11.7 Å². The Morgan fingerprint density at radius 1 is 1.58 bits per heavy atom. The molecule has 0 aliphatic heterocycles. The number of hydrogen-bond acceptors (Lipinski definition) is 3. The molecule has 0 aromatic carbocycles. The Labute approximate surface area is 72.5 Å². The lowest BCUT2D eigenvalue weighted by Crippen LogP contribution is -2.20. The van der Waals surface area contributed by atoms with E-state index in [1.165, 1.54) is 0 Å². The van der Waals surface area contributed by atoms with Crippen molar-refractivity contribution in [2.45, 2.75) is 25.9 Å². The molecule has 2 atom stereocenters. The molecule has 0 aromatic rings. The first-order chi connectivity index (χ1) is 5.63. The Kier molecular flexibility index (Phi) is 2.87. The van der Waals surface area contributed by atoms with Crippen molar-refractivity contribution in [2.24, 2.45) is 5.92 Å². The molecule has 0 bridgehead atoms. The van der Waals surface area contributed by atoms with Gasteiger partial charge in [0.25, 0.3) is 0 Å². The van der Waals surface area contributed by atoms with Gasteiger partial charge in [0.05, 0.1) is 6.10 Å². The van der Waals surface area contributed by atoms with Crippen molar-refractivity contribution in [3.05, 3.63) is 11.8 Å². The maximum Gasteiger partial charge on any atom is 0.157 e. The molecule has 0 radical (unpaired) electrons. The Hall–Kier alpha value is -0.830. The molecule has 1 aliphatic rings. The van der Waals surface area contributed by atoms with Crippen LogP contribution in [0.5, 0.6) is 0 Å². The third-order valence-corrected chi connectivity index (χ3v) is 2.27. The number of rotatable bonds is 1. The highest BCUT2D eigenvalue weighted by atomic mass is 16.3. The van der Waals surface area contributed by atoms with Crippen LogP contribution in [0.4, 0.5) is 0 Å². The van der Waals surface area contributed by atoms with Gasteiger partial charge in [-0.2, -0.15) is 0 Å². The molecular weight excluding hydrogens is 154 g/mol. The summed E-state index contributed by atoms with van der Waals surface area (Å²) in [5, 5.41) is 12.4. The molecule has 0 aromatic heterocycles. The summed E-state index contributed by atoms with van der Waals surface area (Å²) in [6.45, 7) is 1.90. The topological polar surface area (TPSA) is 49.3 Å². The standard InChI is InChI=1S/C9H15NO2/c1-6-3-8(11)4-7(10-2)5-9(6)12/h4,6,9-10,12H,3,5H2,1-2H3. The number of aliphatic hydroxyl groups excluding tert-OH is 1. The minimum Gasteiger partial charge on any atom is -0.392 e. The number of allylic oxidation sites excluding steroid dienone is 1. The van der Waals surface area contributed by atoms with E-state index in [9.17, 15) is 9.90 Å². The zero-order chi connectivity index (χ0) is 9.14. The van der Waals surface area contributed by atoms with Crippen LogP contribution in [-0.2, 0) is 4.79 Å². The van der Waals surface area contributed by atoms with E-state index in [4.69, 9.17) is 0 Å². The van der Waals surface area contributed by atoms with Gasteiger partial charge in [0, 0.05) is 31.7 Å². The fourth-order valence-electron chi connectivity index (χ4n) is 1.37.